The standard InChI is InChI=1S/C17H21N3O/c1-14-8-5-6-11-16(14)21-13-7-12-19-17(18)20-15-9-3-2-4-10-15/h2-6,8-11H,7,12-13H2,1H3,(H3,18,19,20). The molecule has 21 heavy (non-hydrogen) atoms. The molecule has 0 fully saturated rings. The fourth-order valence-corrected chi connectivity index (χ4v) is 1.87. The first kappa shape index (κ1) is 14.9. The number of ether oxygens (including phenoxy) is 1. The van der Waals surface area contributed by atoms with E-state index in [4.69, 9.17) is 10.5 Å². The summed E-state index contributed by atoms with van der Waals surface area (Å²) in [5.74, 6) is 1.36. The zero-order chi connectivity index (χ0) is 14.9. The molecular weight excluding hydrogens is 262 g/mol. The molecule has 2 aromatic rings. The molecule has 110 valence electrons. The topological polar surface area (TPSA) is 59.6 Å². The van der Waals surface area contributed by atoms with E-state index in [1.165, 1.54) is 0 Å². The second kappa shape index (κ2) is 7.94. The van der Waals surface area contributed by atoms with Gasteiger partial charge in [0.2, 0.25) is 0 Å². The summed E-state index contributed by atoms with van der Waals surface area (Å²) in [6, 6.07) is 17.7. The van der Waals surface area contributed by atoms with Gasteiger partial charge in [0.05, 0.1) is 6.61 Å². The molecule has 2 aromatic carbocycles. The Morgan fingerprint density at radius 2 is 1.81 bits per heavy atom. The van der Waals surface area contributed by atoms with Crippen molar-refractivity contribution < 1.29 is 4.74 Å². The average Bonchev–Trinajstić information content (AvgIpc) is 2.50. The summed E-state index contributed by atoms with van der Waals surface area (Å²) in [6.07, 6.45) is 0.825. The highest BCUT2D eigenvalue weighted by Gasteiger charge is 1.97. The Kier molecular flexibility index (Phi) is 5.64. The summed E-state index contributed by atoms with van der Waals surface area (Å²) in [4.78, 5) is 4.28. The molecule has 2 rings (SSSR count). The monoisotopic (exact) mass is 283 g/mol. The fraction of sp³-hybridized carbons (Fsp3) is 0.235. The molecule has 4 nitrogen and oxygen atoms in total. The van der Waals surface area contributed by atoms with Gasteiger partial charge in [-0.1, -0.05) is 36.4 Å². The van der Waals surface area contributed by atoms with Gasteiger partial charge < -0.3 is 15.8 Å². The lowest BCUT2D eigenvalue weighted by atomic mass is 10.2. The van der Waals surface area contributed by atoms with Crippen molar-refractivity contribution in [3.8, 4) is 5.75 Å². The molecule has 0 radical (unpaired) electrons. The maximum Gasteiger partial charge on any atom is 0.193 e. The van der Waals surface area contributed by atoms with Crippen LogP contribution in [0.1, 0.15) is 12.0 Å². The molecule has 3 N–H and O–H groups in total. The van der Waals surface area contributed by atoms with Crippen LogP contribution in [0, 0.1) is 6.92 Å². The Hall–Kier alpha value is -2.49. The van der Waals surface area contributed by atoms with Gasteiger partial charge in [-0.05, 0) is 30.7 Å². The van der Waals surface area contributed by atoms with Crippen molar-refractivity contribution in [2.75, 3.05) is 18.5 Å². The quantitative estimate of drug-likeness (QED) is 0.486. The molecule has 0 unspecified atom stereocenters. The van der Waals surface area contributed by atoms with Gasteiger partial charge in [0.15, 0.2) is 5.96 Å². The molecule has 0 bridgehead atoms. The number of guanidine groups is 1. The zero-order valence-corrected chi connectivity index (χ0v) is 12.3. The smallest absolute Gasteiger partial charge is 0.193 e. The van der Waals surface area contributed by atoms with E-state index in [-0.39, 0.29) is 0 Å². The van der Waals surface area contributed by atoms with Crippen molar-refractivity contribution in [2.24, 2.45) is 10.7 Å². The van der Waals surface area contributed by atoms with Crippen LogP contribution in [0.2, 0.25) is 0 Å². The summed E-state index contributed by atoms with van der Waals surface area (Å²) in [6.45, 7) is 3.31. The molecule has 0 aliphatic carbocycles. The molecule has 0 aliphatic rings. The Morgan fingerprint density at radius 1 is 1.10 bits per heavy atom. The SMILES string of the molecule is Cc1ccccc1OCCCN=C(N)Nc1ccccc1. The van der Waals surface area contributed by atoms with Gasteiger partial charge in [-0.25, -0.2) is 0 Å². The Labute approximate surface area is 125 Å². The van der Waals surface area contributed by atoms with Gasteiger partial charge >= 0.3 is 0 Å². The molecule has 0 heterocycles. The Morgan fingerprint density at radius 3 is 2.57 bits per heavy atom. The average molecular weight is 283 g/mol. The maximum absolute atomic E-state index is 5.82. The van der Waals surface area contributed by atoms with E-state index in [0.29, 0.717) is 19.1 Å². The number of anilines is 1. The first-order chi connectivity index (χ1) is 10.3. The molecule has 0 aromatic heterocycles. The second-order valence-corrected chi connectivity index (χ2v) is 4.73. The van der Waals surface area contributed by atoms with E-state index in [9.17, 15) is 0 Å². The lowest BCUT2D eigenvalue weighted by molar-refractivity contribution is 0.311. The number of para-hydroxylation sites is 2. The highest BCUT2D eigenvalue weighted by Crippen LogP contribution is 2.16. The van der Waals surface area contributed by atoms with E-state index in [2.05, 4.69) is 10.3 Å². The van der Waals surface area contributed by atoms with Crippen LogP contribution in [-0.4, -0.2) is 19.1 Å². The molecule has 0 saturated heterocycles. The van der Waals surface area contributed by atoms with Gasteiger partial charge in [-0.2, -0.15) is 0 Å². The van der Waals surface area contributed by atoms with Crippen molar-refractivity contribution in [3.05, 3.63) is 60.2 Å². The number of hydrogen-bond acceptors (Lipinski definition) is 2. The second-order valence-electron chi connectivity index (χ2n) is 4.73. The van der Waals surface area contributed by atoms with Crippen LogP contribution in [0.25, 0.3) is 0 Å². The van der Waals surface area contributed by atoms with Crippen LogP contribution in [0.5, 0.6) is 5.75 Å². The fourth-order valence-electron chi connectivity index (χ4n) is 1.87. The number of aliphatic imine (C=N–C) groups is 1. The van der Waals surface area contributed by atoms with Gasteiger partial charge in [0.1, 0.15) is 5.75 Å². The number of hydrogen-bond donors (Lipinski definition) is 2. The summed E-state index contributed by atoms with van der Waals surface area (Å²) < 4.78 is 5.71. The number of nitrogens with one attached hydrogen (secondary N) is 1. The number of aryl methyl sites for hydroxylation is 1. The van der Waals surface area contributed by atoms with Crippen LogP contribution in [0.4, 0.5) is 5.69 Å². The predicted molar refractivity (Wildman–Crippen MR) is 87.8 cm³/mol. The molecule has 4 heteroatoms. The van der Waals surface area contributed by atoms with Crippen LogP contribution in [0.3, 0.4) is 0 Å². The molecule has 0 aliphatic heterocycles. The predicted octanol–water partition coefficient (Wildman–Crippen LogP) is 3.19. The van der Waals surface area contributed by atoms with Gasteiger partial charge in [-0.15, -0.1) is 0 Å². The van der Waals surface area contributed by atoms with Crippen molar-refractivity contribution in [1.29, 1.82) is 0 Å². The summed E-state index contributed by atoms with van der Waals surface area (Å²) in [7, 11) is 0. The van der Waals surface area contributed by atoms with E-state index in [1.807, 2.05) is 61.5 Å². The summed E-state index contributed by atoms with van der Waals surface area (Å²) in [5.41, 5.74) is 7.91. The van der Waals surface area contributed by atoms with E-state index in [0.717, 1.165) is 23.4 Å². The summed E-state index contributed by atoms with van der Waals surface area (Å²) in [5, 5.41) is 3.05. The van der Waals surface area contributed by atoms with Crippen LogP contribution in [0.15, 0.2) is 59.6 Å². The van der Waals surface area contributed by atoms with Crippen LogP contribution < -0.4 is 15.8 Å². The van der Waals surface area contributed by atoms with Crippen molar-refractivity contribution in [2.45, 2.75) is 13.3 Å². The maximum atomic E-state index is 5.82. The first-order valence-electron chi connectivity index (χ1n) is 7.06. The minimum atomic E-state index is 0.428. The molecular formula is C17H21N3O. The minimum Gasteiger partial charge on any atom is -0.493 e. The third-order valence-electron chi connectivity index (χ3n) is 2.98. The van der Waals surface area contributed by atoms with E-state index < -0.39 is 0 Å². The Balaban J connectivity index is 1.69. The van der Waals surface area contributed by atoms with Crippen molar-refractivity contribution >= 4 is 11.6 Å². The zero-order valence-electron chi connectivity index (χ0n) is 12.3. The number of nitrogens with two attached hydrogens (primary N) is 1. The first-order valence-corrected chi connectivity index (χ1v) is 7.06. The van der Waals surface area contributed by atoms with E-state index in [1.54, 1.807) is 0 Å². The van der Waals surface area contributed by atoms with Gasteiger partial charge in [0.25, 0.3) is 0 Å². The third-order valence-corrected chi connectivity index (χ3v) is 2.98. The summed E-state index contributed by atoms with van der Waals surface area (Å²) >= 11 is 0. The molecule has 0 atom stereocenters. The van der Waals surface area contributed by atoms with Crippen molar-refractivity contribution in [3.63, 3.8) is 0 Å². The van der Waals surface area contributed by atoms with E-state index >= 15 is 0 Å². The molecule has 0 spiro atoms. The van der Waals surface area contributed by atoms with Crippen LogP contribution in [-0.2, 0) is 0 Å². The lowest BCUT2D eigenvalue weighted by Crippen LogP contribution is -2.23. The minimum absolute atomic E-state index is 0.428. The number of rotatable bonds is 6. The lowest BCUT2D eigenvalue weighted by Gasteiger charge is -2.08. The number of benzene rings is 2. The van der Waals surface area contributed by atoms with Gasteiger partial charge in [-0.3, -0.25) is 4.99 Å². The highest BCUT2D eigenvalue weighted by atomic mass is 16.5. The Bertz CT molecular complexity index is 582. The van der Waals surface area contributed by atoms with Crippen molar-refractivity contribution in [1.82, 2.24) is 0 Å². The highest BCUT2D eigenvalue weighted by molar-refractivity contribution is 5.92. The molecule has 0 amide bonds. The largest absolute Gasteiger partial charge is 0.493 e. The molecule has 0 saturated carbocycles. The number of nitrogens with zero attached hydrogens (tertiary/aromatic N) is 1. The normalized spacial score (nSPS) is 11.2. The van der Waals surface area contributed by atoms with Crippen LogP contribution >= 0.6 is 0 Å². The van der Waals surface area contributed by atoms with Gasteiger partial charge in [0, 0.05) is 18.7 Å². The third kappa shape index (κ3) is 5.18.